The third-order valence-electron chi connectivity index (χ3n) is 4.63. The molecule has 0 fully saturated rings. The smallest absolute Gasteiger partial charge is 0.408 e. The second-order valence-electron chi connectivity index (χ2n) is 7.35. The van der Waals surface area contributed by atoms with Gasteiger partial charge in [-0.05, 0) is 38.5 Å². The van der Waals surface area contributed by atoms with E-state index < -0.39 is 46.7 Å². The minimum absolute atomic E-state index is 0.0207. The standard InChI is InChI=1S/C24H29NO9S/c1-4-31-21(26)15-20(34-35(29,30)19-13-11-17(3)12-14-19)22(23(27)32-5-2)25-24(28)33-16-18-9-7-6-8-10-18/h6-14,20,22H,4-5,15-16H2,1-3H3,(H,25,28). The summed E-state index contributed by atoms with van der Waals surface area (Å²) in [7, 11) is -4.43. The quantitative estimate of drug-likeness (QED) is 0.261. The molecule has 2 aromatic carbocycles. The van der Waals surface area contributed by atoms with E-state index in [1.54, 1.807) is 56.3 Å². The summed E-state index contributed by atoms with van der Waals surface area (Å²) in [5.74, 6) is -1.83. The van der Waals surface area contributed by atoms with Crippen LogP contribution in [0.3, 0.4) is 0 Å². The van der Waals surface area contributed by atoms with E-state index in [0.717, 1.165) is 5.56 Å². The molecule has 0 bridgehead atoms. The highest BCUT2D eigenvalue weighted by atomic mass is 32.2. The van der Waals surface area contributed by atoms with Crippen molar-refractivity contribution in [2.75, 3.05) is 13.2 Å². The van der Waals surface area contributed by atoms with E-state index in [-0.39, 0.29) is 24.7 Å². The fourth-order valence-electron chi connectivity index (χ4n) is 2.94. The first-order valence-corrected chi connectivity index (χ1v) is 12.4. The Morgan fingerprint density at radius 2 is 1.51 bits per heavy atom. The largest absolute Gasteiger partial charge is 0.466 e. The van der Waals surface area contributed by atoms with Gasteiger partial charge in [0.2, 0.25) is 0 Å². The molecule has 0 radical (unpaired) electrons. The molecular formula is C24H29NO9S. The third-order valence-corrected chi connectivity index (χ3v) is 5.98. The minimum Gasteiger partial charge on any atom is -0.466 e. The fraction of sp³-hybridized carbons (Fsp3) is 0.375. The average Bonchev–Trinajstić information content (AvgIpc) is 2.82. The summed E-state index contributed by atoms with van der Waals surface area (Å²) < 4.78 is 46.1. The first kappa shape index (κ1) is 27.8. The van der Waals surface area contributed by atoms with Crippen LogP contribution in [-0.4, -0.2) is 51.8 Å². The molecule has 190 valence electrons. The Kier molecular flexibility index (Phi) is 10.7. The van der Waals surface area contributed by atoms with Crippen LogP contribution in [0.25, 0.3) is 0 Å². The summed E-state index contributed by atoms with van der Waals surface area (Å²) in [5, 5.41) is 2.27. The number of amides is 1. The highest BCUT2D eigenvalue weighted by Gasteiger charge is 2.38. The maximum Gasteiger partial charge on any atom is 0.408 e. The Hall–Kier alpha value is -3.44. The molecule has 2 rings (SSSR count). The Bertz CT molecular complexity index is 1090. The number of hydrogen-bond donors (Lipinski definition) is 1. The number of benzene rings is 2. The van der Waals surface area contributed by atoms with Crippen molar-refractivity contribution in [1.29, 1.82) is 0 Å². The SMILES string of the molecule is CCOC(=O)CC(OS(=O)(=O)c1ccc(C)cc1)C(NC(=O)OCc1ccccc1)C(=O)OCC. The van der Waals surface area contributed by atoms with E-state index in [0.29, 0.717) is 5.56 Å². The number of esters is 2. The number of rotatable bonds is 12. The van der Waals surface area contributed by atoms with Gasteiger partial charge in [-0.2, -0.15) is 8.42 Å². The second-order valence-corrected chi connectivity index (χ2v) is 8.92. The van der Waals surface area contributed by atoms with Crippen molar-refractivity contribution in [3.63, 3.8) is 0 Å². The third kappa shape index (κ3) is 9.02. The van der Waals surface area contributed by atoms with Crippen molar-refractivity contribution in [3.05, 3.63) is 65.7 Å². The predicted molar refractivity (Wildman–Crippen MR) is 125 cm³/mol. The minimum atomic E-state index is -4.43. The number of carbonyl (C=O) groups excluding carboxylic acids is 3. The zero-order valence-electron chi connectivity index (χ0n) is 19.8. The summed E-state index contributed by atoms with van der Waals surface area (Å²) in [4.78, 5) is 37.2. The highest BCUT2D eigenvalue weighted by molar-refractivity contribution is 7.86. The molecule has 0 saturated carbocycles. The van der Waals surface area contributed by atoms with Crippen molar-refractivity contribution in [3.8, 4) is 0 Å². The second kappa shape index (κ2) is 13.4. The van der Waals surface area contributed by atoms with Gasteiger partial charge in [0.05, 0.1) is 24.5 Å². The summed E-state index contributed by atoms with van der Waals surface area (Å²) in [6.45, 7) is 4.74. The lowest BCUT2D eigenvalue weighted by atomic mass is 10.1. The van der Waals surface area contributed by atoms with Gasteiger partial charge >= 0.3 is 18.0 Å². The van der Waals surface area contributed by atoms with E-state index in [1.807, 2.05) is 0 Å². The molecule has 2 aromatic rings. The summed E-state index contributed by atoms with van der Waals surface area (Å²) in [6.07, 6.45) is -3.35. The van der Waals surface area contributed by atoms with Gasteiger partial charge in [0.15, 0.2) is 6.04 Å². The van der Waals surface area contributed by atoms with Gasteiger partial charge in [-0.15, -0.1) is 0 Å². The Balaban J connectivity index is 2.29. The average molecular weight is 508 g/mol. The fourth-order valence-corrected chi connectivity index (χ4v) is 4.03. The molecular weight excluding hydrogens is 478 g/mol. The Morgan fingerprint density at radius 3 is 2.11 bits per heavy atom. The van der Waals surface area contributed by atoms with Gasteiger partial charge < -0.3 is 19.5 Å². The van der Waals surface area contributed by atoms with Crippen LogP contribution in [0.5, 0.6) is 0 Å². The van der Waals surface area contributed by atoms with Crippen molar-refractivity contribution in [2.45, 2.75) is 50.8 Å². The molecule has 0 aromatic heterocycles. The lowest BCUT2D eigenvalue weighted by molar-refractivity contribution is -0.150. The Labute approximate surface area is 204 Å². The number of alkyl carbamates (subject to hydrolysis) is 1. The van der Waals surface area contributed by atoms with Crippen LogP contribution in [0.2, 0.25) is 0 Å². The molecule has 1 N–H and O–H groups in total. The summed E-state index contributed by atoms with van der Waals surface area (Å²) in [5.41, 5.74) is 1.51. The lowest BCUT2D eigenvalue weighted by Gasteiger charge is -2.25. The zero-order valence-corrected chi connectivity index (χ0v) is 20.6. The van der Waals surface area contributed by atoms with Gasteiger partial charge in [0.1, 0.15) is 12.7 Å². The van der Waals surface area contributed by atoms with Gasteiger partial charge in [-0.25, -0.2) is 9.59 Å². The number of nitrogens with one attached hydrogen (secondary N) is 1. The molecule has 2 unspecified atom stereocenters. The summed E-state index contributed by atoms with van der Waals surface area (Å²) >= 11 is 0. The maximum absolute atomic E-state index is 12.9. The van der Waals surface area contributed by atoms with Gasteiger partial charge in [0.25, 0.3) is 10.1 Å². The molecule has 2 atom stereocenters. The van der Waals surface area contributed by atoms with Crippen LogP contribution in [0.15, 0.2) is 59.5 Å². The van der Waals surface area contributed by atoms with Crippen LogP contribution in [-0.2, 0) is 44.7 Å². The van der Waals surface area contributed by atoms with Gasteiger partial charge in [-0.3, -0.25) is 8.98 Å². The molecule has 0 aliphatic heterocycles. The molecule has 0 aliphatic rings. The number of aryl methyl sites for hydroxylation is 1. The van der Waals surface area contributed by atoms with Crippen LogP contribution in [0.1, 0.15) is 31.4 Å². The van der Waals surface area contributed by atoms with Crippen molar-refractivity contribution >= 4 is 28.1 Å². The lowest BCUT2D eigenvalue weighted by Crippen LogP contribution is -2.52. The first-order valence-electron chi connectivity index (χ1n) is 11.0. The molecule has 0 saturated heterocycles. The number of hydrogen-bond acceptors (Lipinski definition) is 9. The van der Waals surface area contributed by atoms with E-state index in [9.17, 15) is 22.8 Å². The molecule has 0 heterocycles. The van der Waals surface area contributed by atoms with Crippen LogP contribution in [0.4, 0.5) is 4.79 Å². The molecule has 0 spiro atoms. The topological polar surface area (TPSA) is 134 Å². The van der Waals surface area contributed by atoms with Crippen molar-refractivity contribution in [1.82, 2.24) is 5.32 Å². The molecule has 11 heteroatoms. The van der Waals surface area contributed by atoms with E-state index in [2.05, 4.69) is 5.32 Å². The predicted octanol–water partition coefficient (Wildman–Crippen LogP) is 2.88. The molecule has 35 heavy (non-hydrogen) atoms. The van der Waals surface area contributed by atoms with E-state index >= 15 is 0 Å². The molecule has 0 aliphatic carbocycles. The van der Waals surface area contributed by atoms with Crippen LogP contribution < -0.4 is 5.32 Å². The summed E-state index contributed by atoms with van der Waals surface area (Å²) in [6, 6.07) is 12.9. The van der Waals surface area contributed by atoms with Gasteiger partial charge in [-0.1, -0.05) is 48.0 Å². The number of carbonyl (C=O) groups is 3. The maximum atomic E-state index is 12.9. The first-order chi connectivity index (χ1) is 16.7. The zero-order chi connectivity index (χ0) is 25.8. The van der Waals surface area contributed by atoms with Crippen LogP contribution in [0, 0.1) is 6.92 Å². The van der Waals surface area contributed by atoms with Crippen molar-refractivity contribution < 1.29 is 41.2 Å². The van der Waals surface area contributed by atoms with Gasteiger partial charge in [0, 0.05) is 0 Å². The van der Waals surface area contributed by atoms with E-state index in [4.69, 9.17) is 18.4 Å². The number of ether oxygens (including phenoxy) is 3. The Morgan fingerprint density at radius 1 is 0.886 bits per heavy atom. The van der Waals surface area contributed by atoms with E-state index in [1.165, 1.54) is 19.1 Å². The molecule has 1 amide bonds. The van der Waals surface area contributed by atoms with Crippen LogP contribution >= 0.6 is 0 Å². The highest BCUT2D eigenvalue weighted by Crippen LogP contribution is 2.20. The molecule has 10 nitrogen and oxygen atoms in total. The monoisotopic (exact) mass is 507 g/mol. The van der Waals surface area contributed by atoms with Crippen molar-refractivity contribution in [2.24, 2.45) is 0 Å². The normalized spacial score (nSPS) is 12.8.